The summed E-state index contributed by atoms with van der Waals surface area (Å²) in [6.07, 6.45) is 3.55. The molecular formula is C18H34O3. The molecule has 1 heterocycles. The summed E-state index contributed by atoms with van der Waals surface area (Å²) in [5, 5.41) is 0. The minimum absolute atomic E-state index is 0.128. The summed E-state index contributed by atoms with van der Waals surface area (Å²) in [6.45, 7) is 17.7. The van der Waals surface area contributed by atoms with Crippen LogP contribution in [0, 0.1) is 5.92 Å². The van der Waals surface area contributed by atoms with E-state index in [1.807, 2.05) is 0 Å². The Morgan fingerprint density at radius 1 is 1.05 bits per heavy atom. The van der Waals surface area contributed by atoms with E-state index < -0.39 is 0 Å². The molecule has 1 saturated heterocycles. The van der Waals surface area contributed by atoms with Gasteiger partial charge in [0.15, 0.2) is 0 Å². The van der Waals surface area contributed by atoms with Crippen molar-refractivity contribution in [3.8, 4) is 0 Å². The van der Waals surface area contributed by atoms with Gasteiger partial charge in [0.05, 0.1) is 29.5 Å². The molecule has 0 radical (unpaired) electrons. The quantitative estimate of drug-likeness (QED) is 0.776. The molecule has 0 aromatic heterocycles. The van der Waals surface area contributed by atoms with Gasteiger partial charge in [-0.2, -0.15) is 0 Å². The van der Waals surface area contributed by atoms with E-state index >= 15 is 0 Å². The molecule has 0 aromatic carbocycles. The molecule has 0 aromatic rings. The largest absolute Gasteiger partial charge is 0.373 e. The lowest BCUT2D eigenvalue weighted by Gasteiger charge is -2.43. The van der Waals surface area contributed by atoms with E-state index in [-0.39, 0.29) is 28.5 Å². The number of rotatable bonds is 3. The van der Waals surface area contributed by atoms with Gasteiger partial charge in [0.1, 0.15) is 5.60 Å². The van der Waals surface area contributed by atoms with Crippen molar-refractivity contribution >= 4 is 0 Å². The average Bonchev–Trinajstić information content (AvgIpc) is 2.38. The maximum atomic E-state index is 6.56. The Labute approximate surface area is 130 Å². The molecule has 3 nitrogen and oxygen atoms in total. The number of fused-ring (bicyclic) bond motifs is 2. The Hall–Kier alpha value is -0.120. The third kappa shape index (κ3) is 3.80. The molecule has 2 aliphatic rings. The molecule has 21 heavy (non-hydrogen) atoms. The number of ether oxygens (including phenoxy) is 3. The van der Waals surface area contributed by atoms with Gasteiger partial charge in [-0.25, -0.2) is 0 Å². The van der Waals surface area contributed by atoms with Crippen molar-refractivity contribution in [3.63, 3.8) is 0 Å². The fraction of sp³-hybridized carbons (Fsp3) is 1.00. The molecule has 3 heteroatoms. The minimum atomic E-state index is -0.285. The van der Waals surface area contributed by atoms with Gasteiger partial charge in [0.2, 0.25) is 0 Å². The Kier molecular flexibility index (Phi) is 4.28. The highest BCUT2D eigenvalue weighted by Crippen LogP contribution is 2.53. The molecule has 1 unspecified atom stereocenters. The molecule has 0 N–H and O–H groups in total. The lowest BCUT2D eigenvalue weighted by atomic mass is 9.73. The summed E-state index contributed by atoms with van der Waals surface area (Å²) in [7, 11) is 0. The first-order valence-corrected chi connectivity index (χ1v) is 8.37. The maximum absolute atomic E-state index is 6.56. The smallest absolute Gasteiger partial charge is 0.119 e. The normalized spacial score (nSPS) is 36.0. The van der Waals surface area contributed by atoms with E-state index in [9.17, 15) is 0 Å². The second kappa shape index (κ2) is 5.21. The standard InChI is InChI=1S/C18H34O3/c1-15(2,3)19-12-18-11-9-10-13(17(7,8)21-18)14(18)20-16(4,5)6/h13-14H,9-12H2,1-8H3/t13?,14-,18-/m1/s1. The molecule has 2 rings (SSSR count). The highest BCUT2D eigenvalue weighted by Gasteiger charge is 2.62. The zero-order valence-electron chi connectivity index (χ0n) is 15.2. The van der Waals surface area contributed by atoms with Crippen molar-refractivity contribution < 1.29 is 14.2 Å². The highest BCUT2D eigenvalue weighted by molar-refractivity contribution is 5.10. The van der Waals surface area contributed by atoms with Crippen LogP contribution in [0.5, 0.6) is 0 Å². The molecule has 2 bridgehead atoms. The van der Waals surface area contributed by atoms with Gasteiger partial charge in [-0.3, -0.25) is 0 Å². The SMILES string of the molecule is CC(C)(C)OC[C@]12CCCC([C@H]1OC(C)(C)C)C(C)(C)O2. The lowest BCUT2D eigenvalue weighted by Crippen LogP contribution is -2.52. The summed E-state index contributed by atoms with van der Waals surface area (Å²) in [6, 6.07) is 0. The van der Waals surface area contributed by atoms with Crippen LogP contribution >= 0.6 is 0 Å². The topological polar surface area (TPSA) is 27.7 Å². The average molecular weight is 298 g/mol. The highest BCUT2D eigenvalue weighted by atomic mass is 16.6. The third-order valence-corrected chi connectivity index (χ3v) is 4.59. The fourth-order valence-corrected chi connectivity index (χ4v) is 3.80. The van der Waals surface area contributed by atoms with Gasteiger partial charge in [0.25, 0.3) is 0 Å². The van der Waals surface area contributed by atoms with Crippen LogP contribution in [0.1, 0.15) is 74.7 Å². The summed E-state index contributed by atoms with van der Waals surface area (Å²) in [4.78, 5) is 0. The Balaban J connectivity index is 2.25. The van der Waals surface area contributed by atoms with E-state index in [0.717, 1.165) is 6.42 Å². The van der Waals surface area contributed by atoms with Gasteiger partial charge in [-0.05, 0) is 74.7 Å². The Morgan fingerprint density at radius 3 is 2.19 bits per heavy atom. The Bertz CT molecular complexity index is 375. The molecule has 2 fully saturated rings. The summed E-state index contributed by atoms with van der Waals surface area (Å²) in [5.74, 6) is 0.453. The molecule has 1 aliphatic carbocycles. The van der Waals surface area contributed by atoms with Crippen LogP contribution in [0.2, 0.25) is 0 Å². The van der Waals surface area contributed by atoms with Crippen LogP contribution < -0.4 is 0 Å². The maximum Gasteiger partial charge on any atom is 0.119 e. The second-order valence-electron chi connectivity index (χ2n) is 9.32. The molecule has 1 aliphatic heterocycles. The van der Waals surface area contributed by atoms with E-state index in [4.69, 9.17) is 14.2 Å². The van der Waals surface area contributed by atoms with E-state index in [1.165, 1.54) is 12.8 Å². The summed E-state index contributed by atoms with van der Waals surface area (Å²) in [5.41, 5.74) is -0.721. The zero-order valence-corrected chi connectivity index (χ0v) is 15.2. The second-order valence-corrected chi connectivity index (χ2v) is 9.32. The molecule has 3 atom stereocenters. The van der Waals surface area contributed by atoms with Crippen molar-refractivity contribution in [1.29, 1.82) is 0 Å². The van der Waals surface area contributed by atoms with E-state index in [0.29, 0.717) is 12.5 Å². The van der Waals surface area contributed by atoms with Gasteiger partial charge in [0, 0.05) is 5.92 Å². The Morgan fingerprint density at radius 2 is 1.67 bits per heavy atom. The van der Waals surface area contributed by atoms with Crippen molar-refractivity contribution in [2.45, 2.75) is 103 Å². The summed E-state index contributed by atoms with van der Waals surface area (Å²) >= 11 is 0. The van der Waals surface area contributed by atoms with Gasteiger partial charge >= 0.3 is 0 Å². The number of hydrogen-bond donors (Lipinski definition) is 0. The predicted octanol–water partition coefficient (Wildman–Crippen LogP) is 4.33. The first-order chi connectivity index (χ1) is 9.35. The van der Waals surface area contributed by atoms with Crippen molar-refractivity contribution in [3.05, 3.63) is 0 Å². The minimum Gasteiger partial charge on any atom is -0.373 e. The monoisotopic (exact) mass is 298 g/mol. The third-order valence-electron chi connectivity index (χ3n) is 4.59. The van der Waals surface area contributed by atoms with Crippen LogP contribution in [0.3, 0.4) is 0 Å². The van der Waals surface area contributed by atoms with Crippen molar-refractivity contribution in [1.82, 2.24) is 0 Å². The first kappa shape index (κ1) is 17.2. The van der Waals surface area contributed by atoms with Crippen molar-refractivity contribution in [2.24, 2.45) is 5.92 Å². The van der Waals surface area contributed by atoms with Gasteiger partial charge in [-0.1, -0.05) is 0 Å². The molecule has 0 spiro atoms. The molecule has 124 valence electrons. The predicted molar refractivity (Wildman–Crippen MR) is 85.6 cm³/mol. The van der Waals surface area contributed by atoms with Crippen LogP contribution in [0.15, 0.2) is 0 Å². The van der Waals surface area contributed by atoms with E-state index in [1.54, 1.807) is 0 Å². The van der Waals surface area contributed by atoms with Gasteiger partial charge in [-0.15, -0.1) is 0 Å². The fourth-order valence-electron chi connectivity index (χ4n) is 3.80. The van der Waals surface area contributed by atoms with E-state index in [2.05, 4.69) is 55.4 Å². The van der Waals surface area contributed by atoms with Gasteiger partial charge < -0.3 is 14.2 Å². The van der Waals surface area contributed by atoms with Crippen LogP contribution in [-0.2, 0) is 14.2 Å². The number of hydrogen-bond acceptors (Lipinski definition) is 3. The van der Waals surface area contributed by atoms with Crippen LogP contribution in [0.4, 0.5) is 0 Å². The lowest BCUT2D eigenvalue weighted by molar-refractivity contribution is -0.200. The van der Waals surface area contributed by atoms with Crippen molar-refractivity contribution in [2.75, 3.05) is 6.61 Å². The summed E-state index contributed by atoms with van der Waals surface area (Å²) < 4.78 is 19.2. The molecule has 0 amide bonds. The molecular weight excluding hydrogens is 264 g/mol. The van der Waals surface area contributed by atoms with Crippen LogP contribution in [-0.4, -0.2) is 35.1 Å². The zero-order chi connectivity index (χ0) is 16.1. The molecule has 1 saturated carbocycles. The van der Waals surface area contributed by atoms with Crippen LogP contribution in [0.25, 0.3) is 0 Å². The first-order valence-electron chi connectivity index (χ1n) is 8.37.